The fourth-order valence-corrected chi connectivity index (χ4v) is 5.01. The van der Waals surface area contributed by atoms with Gasteiger partial charge in [-0.3, -0.25) is 4.79 Å². The molecule has 0 saturated heterocycles. The van der Waals surface area contributed by atoms with Crippen LogP contribution in [0.15, 0.2) is 28.7 Å². The number of anilines is 1. The molecule has 0 aliphatic rings. The summed E-state index contributed by atoms with van der Waals surface area (Å²) in [7, 11) is 0. The molecular formula is C20H20ClF3N4OS2. The van der Waals surface area contributed by atoms with Crippen molar-refractivity contribution in [3.8, 4) is 11.4 Å². The zero-order chi connectivity index (χ0) is 22.8. The molecular weight excluding hydrogens is 469 g/mol. The summed E-state index contributed by atoms with van der Waals surface area (Å²) >= 11 is 8.77. The quantitative estimate of drug-likeness (QED) is 0.396. The van der Waals surface area contributed by atoms with E-state index in [1.807, 2.05) is 11.5 Å². The van der Waals surface area contributed by atoms with Crippen molar-refractivity contribution in [2.24, 2.45) is 0 Å². The maximum atomic E-state index is 12.9. The van der Waals surface area contributed by atoms with Gasteiger partial charge in [0.2, 0.25) is 5.91 Å². The molecule has 2 heterocycles. The number of thioether (sulfide) groups is 1. The first-order valence-electron chi connectivity index (χ1n) is 9.45. The van der Waals surface area contributed by atoms with Gasteiger partial charge in [0.1, 0.15) is 0 Å². The number of thiophene rings is 1. The maximum absolute atomic E-state index is 12.9. The lowest BCUT2D eigenvalue weighted by atomic mass is 10.1. The summed E-state index contributed by atoms with van der Waals surface area (Å²) in [6.45, 7) is 6.73. The van der Waals surface area contributed by atoms with E-state index in [9.17, 15) is 18.0 Å². The number of halogens is 4. The molecule has 5 nitrogen and oxygen atoms in total. The average molecular weight is 489 g/mol. The van der Waals surface area contributed by atoms with Gasteiger partial charge in [0.25, 0.3) is 0 Å². The molecule has 0 saturated carbocycles. The first-order chi connectivity index (χ1) is 14.7. The van der Waals surface area contributed by atoms with Gasteiger partial charge in [0.05, 0.1) is 22.0 Å². The van der Waals surface area contributed by atoms with E-state index in [0.717, 1.165) is 36.0 Å². The van der Waals surface area contributed by atoms with Crippen LogP contribution < -0.4 is 5.32 Å². The van der Waals surface area contributed by atoms with E-state index < -0.39 is 17.6 Å². The van der Waals surface area contributed by atoms with Gasteiger partial charge in [-0.05, 0) is 44.0 Å². The predicted molar refractivity (Wildman–Crippen MR) is 119 cm³/mol. The third kappa shape index (κ3) is 5.24. The lowest BCUT2D eigenvalue weighted by Gasteiger charge is -2.12. The predicted octanol–water partition coefficient (Wildman–Crippen LogP) is 6.30. The monoisotopic (exact) mass is 488 g/mol. The van der Waals surface area contributed by atoms with Gasteiger partial charge in [-0.15, -0.1) is 21.5 Å². The van der Waals surface area contributed by atoms with Gasteiger partial charge in [0.15, 0.2) is 11.0 Å². The number of aryl methyl sites for hydroxylation is 1. The van der Waals surface area contributed by atoms with Crippen molar-refractivity contribution in [2.45, 2.75) is 45.1 Å². The second-order valence-corrected chi connectivity index (χ2v) is 9.05. The van der Waals surface area contributed by atoms with Crippen LogP contribution in [0, 0.1) is 6.92 Å². The van der Waals surface area contributed by atoms with Gasteiger partial charge in [-0.2, -0.15) is 13.2 Å². The van der Waals surface area contributed by atoms with Crippen molar-refractivity contribution in [2.75, 3.05) is 11.1 Å². The molecule has 0 bridgehead atoms. The molecule has 0 aliphatic carbocycles. The Kier molecular flexibility index (Phi) is 7.33. The summed E-state index contributed by atoms with van der Waals surface area (Å²) in [5, 5.41) is 13.6. The number of alkyl halides is 3. The smallest absolute Gasteiger partial charge is 0.324 e. The largest absolute Gasteiger partial charge is 0.416 e. The zero-order valence-corrected chi connectivity index (χ0v) is 19.4. The van der Waals surface area contributed by atoms with Crippen LogP contribution in [-0.4, -0.2) is 26.4 Å². The number of hydrogen-bond donors (Lipinski definition) is 1. The first-order valence-corrected chi connectivity index (χ1v) is 11.7. The fraction of sp³-hybridized carbons (Fsp3) is 0.350. The maximum Gasteiger partial charge on any atom is 0.416 e. The number of nitrogens with zero attached hydrogens (tertiary/aromatic N) is 3. The van der Waals surface area contributed by atoms with Gasteiger partial charge in [0, 0.05) is 22.4 Å². The minimum Gasteiger partial charge on any atom is -0.324 e. The minimum absolute atomic E-state index is 0.0327. The third-order valence-corrected chi connectivity index (χ3v) is 6.88. The summed E-state index contributed by atoms with van der Waals surface area (Å²) in [5.74, 6) is 0.208. The second kappa shape index (κ2) is 9.62. The molecule has 2 aromatic heterocycles. The van der Waals surface area contributed by atoms with Gasteiger partial charge >= 0.3 is 6.18 Å². The van der Waals surface area contributed by atoms with Crippen LogP contribution in [-0.2, 0) is 23.9 Å². The molecule has 1 N–H and O–H groups in total. The molecule has 11 heteroatoms. The molecule has 0 aliphatic heterocycles. The molecule has 1 amide bonds. The van der Waals surface area contributed by atoms with Crippen LogP contribution in [0.1, 0.15) is 29.9 Å². The van der Waals surface area contributed by atoms with Crippen LogP contribution in [0.25, 0.3) is 11.4 Å². The van der Waals surface area contributed by atoms with Gasteiger partial charge < -0.3 is 9.88 Å². The van der Waals surface area contributed by atoms with Gasteiger partial charge in [-0.1, -0.05) is 30.3 Å². The number of amides is 1. The lowest BCUT2D eigenvalue weighted by Crippen LogP contribution is -2.16. The zero-order valence-electron chi connectivity index (χ0n) is 17.0. The number of aromatic nitrogens is 3. The molecule has 0 fully saturated rings. The van der Waals surface area contributed by atoms with Crippen molar-refractivity contribution in [3.63, 3.8) is 0 Å². The highest BCUT2D eigenvalue weighted by atomic mass is 35.5. The number of rotatable bonds is 7. The number of carbonyl (C=O) groups excluding carboxylic acids is 1. The van der Waals surface area contributed by atoms with E-state index in [1.54, 1.807) is 11.3 Å². The van der Waals surface area contributed by atoms with E-state index >= 15 is 0 Å². The Balaban J connectivity index is 1.74. The van der Waals surface area contributed by atoms with Crippen molar-refractivity contribution in [3.05, 3.63) is 44.6 Å². The molecule has 0 atom stereocenters. The summed E-state index contributed by atoms with van der Waals surface area (Å²) in [4.78, 5) is 13.6. The third-order valence-electron chi connectivity index (χ3n) is 4.63. The number of benzene rings is 1. The Morgan fingerprint density at radius 3 is 2.68 bits per heavy atom. The fourth-order valence-electron chi connectivity index (χ4n) is 3.10. The molecule has 0 spiro atoms. The van der Waals surface area contributed by atoms with E-state index in [1.165, 1.54) is 22.2 Å². The molecule has 3 rings (SSSR count). The molecule has 1 aromatic carbocycles. The topological polar surface area (TPSA) is 59.8 Å². The Bertz CT molecular complexity index is 1090. The Morgan fingerprint density at radius 1 is 1.29 bits per heavy atom. The van der Waals surface area contributed by atoms with Gasteiger partial charge in [-0.25, -0.2) is 0 Å². The van der Waals surface area contributed by atoms with Crippen LogP contribution in [0.4, 0.5) is 18.9 Å². The summed E-state index contributed by atoms with van der Waals surface area (Å²) < 4.78 is 40.7. The lowest BCUT2D eigenvalue weighted by molar-refractivity contribution is -0.137. The second-order valence-electron chi connectivity index (χ2n) is 6.62. The minimum atomic E-state index is -4.52. The molecule has 31 heavy (non-hydrogen) atoms. The Hall–Kier alpha value is -2.04. The highest BCUT2D eigenvalue weighted by Crippen LogP contribution is 2.35. The normalized spacial score (nSPS) is 11.7. The number of hydrogen-bond acceptors (Lipinski definition) is 5. The highest BCUT2D eigenvalue weighted by molar-refractivity contribution is 7.99. The molecule has 0 radical (unpaired) electrons. The highest BCUT2D eigenvalue weighted by Gasteiger charge is 2.31. The van der Waals surface area contributed by atoms with E-state index in [2.05, 4.69) is 34.7 Å². The van der Waals surface area contributed by atoms with Crippen molar-refractivity contribution < 1.29 is 18.0 Å². The van der Waals surface area contributed by atoms with E-state index in [-0.39, 0.29) is 16.5 Å². The van der Waals surface area contributed by atoms with Crippen molar-refractivity contribution >= 4 is 46.3 Å². The van der Waals surface area contributed by atoms with E-state index in [4.69, 9.17) is 11.6 Å². The van der Waals surface area contributed by atoms with Crippen molar-refractivity contribution in [1.29, 1.82) is 0 Å². The molecule has 166 valence electrons. The Morgan fingerprint density at radius 2 is 2.03 bits per heavy atom. The molecule has 0 unspecified atom stereocenters. The van der Waals surface area contributed by atoms with E-state index in [0.29, 0.717) is 11.7 Å². The SMILES string of the molecule is CCc1c(-c2nnc(SCC(=O)Nc3cc(C(F)(F)F)ccc3Cl)n2CC)csc1C. The summed E-state index contributed by atoms with van der Waals surface area (Å²) in [6, 6.07) is 2.80. The molecule has 3 aromatic rings. The van der Waals surface area contributed by atoms with Crippen LogP contribution in [0.3, 0.4) is 0 Å². The standard InChI is InChI=1S/C20H20ClF3N4OS2/c1-4-13-11(3)30-9-14(13)18-26-27-19(28(18)5-2)31-10-17(29)25-16-8-12(20(22,23)24)6-7-15(16)21/h6-9H,4-5,10H2,1-3H3,(H,25,29). The van der Waals surface area contributed by atoms with Crippen molar-refractivity contribution in [1.82, 2.24) is 14.8 Å². The summed E-state index contributed by atoms with van der Waals surface area (Å²) in [6.07, 6.45) is -3.64. The average Bonchev–Trinajstić information content (AvgIpc) is 3.29. The van der Waals surface area contributed by atoms with Crippen LogP contribution >= 0.6 is 34.7 Å². The number of nitrogens with one attached hydrogen (secondary N) is 1. The summed E-state index contributed by atoms with van der Waals surface area (Å²) in [5.41, 5.74) is 1.29. The van der Waals surface area contributed by atoms with Crippen LogP contribution in [0.2, 0.25) is 5.02 Å². The Labute approximate surface area is 191 Å². The first kappa shape index (κ1) is 23.6. The number of carbonyl (C=O) groups is 1. The van der Waals surface area contributed by atoms with Crippen LogP contribution in [0.5, 0.6) is 0 Å².